The van der Waals surface area contributed by atoms with Crippen molar-refractivity contribution in [2.75, 3.05) is 13.1 Å². The molecule has 2 N–H and O–H groups in total. The molecule has 14 heavy (non-hydrogen) atoms. The fourth-order valence-electron chi connectivity index (χ4n) is 2.68. The van der Waals surface area contributed by atoms with E-state index in [1.54, 1.807) is 0 Å². The first-order chi connectivity index (χ1) is 6.53. The number of hydrogen-bond donors (Lipinski definition) is 1. The van der Waals surface area contributed by atoms with E-state index >= 15 is 0 Å². The Kier molecular flexibility index (Phi) is 3.96. The van der Waals surface area contributed by atoms with Gasteiger partial charge in [0.1, 0.15) is 0 Å². The van der Waals surface area contributed by atoms with Crippen LogP contribution in [0.5, 0.6) is 0 Å². The first-order valence-electron chi connectivity index (χ1n) is 5.99. The summed E-state index contributed by atoms with van der Waals surface area (Å²) in [5, 5.41) is 0. The van der Waals surface area contributed by atoms with E-state index in [1.807, 2.05) is 0 Å². The Morgan fingerprint density at radius 2 is 2.07 bits per heavy atom. The topological polar surface area (TPSA) is 29.3 Å². The lowest BCUT2D eigenvalue weighted by molar-refractivity contribution is 0.0846. The van der Waals surface area contributed by atoms with Crippen LogP contribution in [-0.2, 0) is 0 Å². The molecule has 0 aromatic heterocycles. The predicted octanol–water partition coefficient (Wildman–Crippen LogP) is 2.23. The van der Waals surface area contributed by atoms with E-state index < -0.39 is 0 Å². The Labute approximate surface area is 88.8 Å². The summed E-state index contributed by atoms with van der Waals surface area (Å²) < 4.78 is 0. The van der Waals surface area contributed by atoms with Crippen molar-refractivity contribution < 1.29 is 0 Å². The quantitative estimate of drug-likeness (QED) is 0.750. The normalized spacial score (nSPS) is 26.4. The molecular formula is C12H26N2. The minimum absolute atomic E-state index is 0.369. The van der Waals surface area contributed by atoms with Gasteiger partial charge in [-0.15, -0.1) is 0 Å². The van der Waals surface area contributed by atoms with Crippen molar-refractivity contribution >= 4 is 0 Å². The smallest absolute Gasteiger partial charge is 0.0249 e. The highest BCUT2D eigenvalue weighted by Crippen LogP contribution is 2.32. The Morgan fingerprint density at radius 1 is 1.43 bits per heavy atom. The van der Waals surface area contributed by atoms with Gasteiger partial charge in [0.15, 0.2) is 0 Å². The van der Waals surface area contributed by atoms with Crippen molar-refractivity contribution in [2.24, 2.45) is 11.7 Å². The van der Waals surface area contributed by atoms with Crippen molar-refractivity contribution in [3.8, 4) is 0 Å². The summed E-state index contributed by atoms with van der Waals surface area (Å²) in [6.07, 6.45) is 3.88. The van der Waals surface area contributed by atoms with E-state index in [9.17, 15) is 0 Å². The van der Waals surface area contributed by atoms with Crippen LogP contribution in [0.2, 0.25) is 0 Å². The van der Waals surface area contributed by atoms with Crippen LogP contribution in [0.1, 0.15) is 47.0 Å². The molecule has 1 aliphatic rings. The van der Waals surface area contributed by atoms with Gasteiger partial charge in [-0.3, -0.25) is 4.90 Å². The standard InChI is InChI=1S/C12H26N2/c1-5-10(2)11(9-13)14-8-6-7-12(14,3)4/h10-11H,5-9,13H2,1-4H3. The third-order valence-corrected chi connectivity index (χ3v) is 3.91. The predicted molar refractivity (Wildman–Crippen MR) is 62.3 cm³/mol. The van der Waals surface area contributed by atoms with Crippen LogP contribution in [0, 0.1) is 5.92 Å². The van der Waals surface area contributed by atoms with E-state index in [-0.39, 0.29) is 0 Å². The van der Waals surface area contributed by atoms with Crippen LogP contribution in [0.4, 0.5) is 0 Å². The fraction of sp³-hybridized carbons (Fsp3) is 1.00. The maximum Gasteiger partial charge on any atom is 0.0249 e. The Morgan fingerprint density at radius 3 is 2.43 bits per heavy atom. The molecule has 2 unspecified atom stereocenters. The van der Waals surface area contributed by atoms with Crippen LogP contribution in [0.15, 0.2) is 0 Å². The zero-order valence-corrected chi connectivity index (χ0v) is 10.2. The van der Waals surface area contributed by atoms with E-state index in [4.69, 9.17) is 5.73 Å². The molecule has 84 valence electrons. The second-order valence-electron chi connectivity index (χ2n) is 5.30. The number of hydrogen-bond acceptors (Lipinski definition) is 2. The van der Waals surface area contributed by atoms with Crippen molar-refractivity contribution in [1.29, 1.82) is 0 Å². The molecule has 0 radical (unpaired) electrons. The molecule has 0 aromatic rings. The lowest BCUT2D eigenvalue weighted by Crippen LogP contribution is -2.51. The lowest BCUT2D eigenvalue weighted by Gasteiger charge is -2.40. The Hall–Kier alpha value is -0.0800. The first kappa shape index (κ1) is 12.0. The summed E-state index contributed by atoms with van der Waals surface area (Å²) in [7, 11) is 0. The molecule has 0 spiro atoms. The first-order valence-corrected chi connectivity index (χ1v) is 5.99. The Bertz CT molecular complexity index is 177. The van der Waals surface area contributed by atoms with E-state index in [1.165, 1.54) is 25.8 Å². The molecular weight excluding hydrogens is 172 g/mol. The summed E-state index contributed by atoms with van der Waals surface area (Å²) in [6.45, 7) is 11.3. The van der Waals surface area contributed by atoms with Crippen molar-refractivity contribution in [1.82, 2.24) is 4.90 Å². The van der Waals surface area contributed by atoms with Crippen LogP contribution in [-0.4, -0.2) is 29.6 Å². The van der Waals surface area contributed by atoms with Gasteiger partial charge in [0.25, 0.3) is 0 Å². The summed E-state index contributed by atoms with van der Waals surface area (Å²) in [6, 6.07) is 0.581. The number of nitrogens with two attached hydrogens (primary N) is 1. The molecule has 2 heteroatoms. The highest BCUT2D eigenvalue weighted by Gasteiger charge is 2.37. The van der Waals surface area contributed by atoms with Gasteiger partial charge in [0, 0.05) is 18.1 Å². The third-order valence-electron chi connectivity index (χ3n) is 3.91. The van der Waals surface area contributed by atoms with Gasteiger partial charge in [-0.25, -0.2) is 0 Å². The van der Waals surface area contributed by atoms with Crippen LogP contribution < -0.4 is 5.73 Å². The highest BCUT2D eigenvalue weighted by molar-refractivity contribution is 4.93. The van der Waals surface area contributed by atoms with Gasteiger partial charge in [-0.05, 0) is 39.2 Å². The molecule has 0 amide bonds. The summed E-state index contributed by atoms with van der Waals surface area (Å²) in [5.41, 5.74) is 6.28. The van der Waals surface area contributed by atoms with Crippen molar-refractivity contribution in [3.63, 3.8) is 0 Å². The van der Waals surface area contributed by atoms with Crippen molar-refractivity contribution in [2.45, 2.75) is 58.5 Å². The average molecular weight is 198 g/mol. The van der Waals surface area contributed by atoms with Gasteiger partial charge in [-0.1, -0.05) is 20.3 Å². The van der Waals surface area contributed by atoms with Gasteiger partial charge >= 0.3 is 0 Å². The molecule has 0 saturated carbocycles. The minimum atomic E-state index is 0.369. The fourth-order valence-corrected chi connectivity index (χ4v) is 2.68. The summed E-state index contributed by atoms with van der Waals surface area (Å²) >= 11 is 0. The second-order valence-corrected chi connectivity index (χ2v) is 5.30. The molecule has 1 saturated heterocycles. The maximum atomic E-state index is 5.91. The number of nitrogens with zero attached hydrogens (tertiary/aromatic N) is 1. The van der Waals surface area contributed by atoms with E-state index in [0.717, 1.165) is 12.5 Å². The molecule has 0 aliphatic carbocycles. The van der Waals surface area contributed by atoms with Gasteiger partial charge < -0.3 is 5.73 Å². The average Bonchev–Trinajstić information content (AvgIpc) is 2.47. The zero-order valence-electron chi connectivity index (χ0n) is 10.2. The lowest BCUT2D eigenvalue weighted by atomic mass is 9.93. The minimum Gasteiger partial charge on any atom is -0.329 e. The summed E-state index contributed by atoms with van der Waals surface area (Å²) in [5.74, 6) is 0.720. The van der Waals surface area contributed by atoms with Gasteiger partial charge in [-0.2, -0.15) is 0 Å². The van der Waals surface area contributed by atoms with Crippen LogP contribution >= 0.6 is 0 Å². The second kappa shape index (κ2) is 4.63. The van der Waals surface area contributed by atoms with E-state index in [2.05, 4.69) is 32.6 Å². The van der Waals surface area contributed by atoms with Crippen LogP contribution in [0.3, 0.4) is 0 Å². The van der Waals surface area contributed by atoms with Gasteiger partial charge in [0.05, 0.1) is 0 Å². The molecule has 1 aliphatic heterocycles. The molecule has 1 rings (SSSR count). The monoisotopic (exact) mass is 198 g/mol. The van der Waals surface area contributed by atoms with Crippen LogP contribution in [0.25, 0.3) is 0 Å². The van der Waals surface area contributed by atoms with Crippen molar-refractivity contribution in [3.05, 3.63) is 0 Å². The van der Waals surface area contributed by atoms with E-state index in [0.29, 0.717) is 11.6 Å². The maximum absolute atomic E-state index is 5.91. The molecule has 2 atom stereocenters. The zero-order chi connectivity index (χ0) is 10.8. The SMILES string of the molecule is CCC(C)C(CN)N1CCCC1(C)C. The molecule has 1 heterocycles. The molecule has 0 bridgehead atoms. The molecule has 2 nitrogen and oxygen atoms in total. The largest absolute Gasteiger partial charge is 0.329 e. The highest BCUT2D eigenvalue weighted by atomic mass is 15.2. The molecule has 0 aromatic carbocycles. The summed E-state index contributed by atoms with van der Waals surface area (Å²) in [4.78, 5) is 2.63. The number of rotatable bonds is 4. The molecule has 1 fully saturated rings. The third kappa shape index (κ3) is 2.29. The van der Waals surface area contributed by atoms with Gasteiger partial charge in [0.2, 0.25) is 0 Å². The number of likely N-dealkylation sites (tertiary alicyclic amines) is 1. The Balaban J connectivity index is 2.69.